The highest BCUT2D eigenvalue weighted by molar-refractivity contribution is 6.00. The molecule has 1 amide bonds. The molecule has 3 aromatic rings. The van der Waals surface area contributed by atoms with Crippen molar-refractivity contribution in [3.05, 3.63) is 35.9 Å². The van der Waals surface area contributed by atoms with E-state index in [0.717, 1.165) is 11.3 Å². The van der Waals surface area contributed by atoms with Crippen molar-refractivity contribution in [1.82, 2.24) is 9.97 Å². The number of fused-ring (bicyclic) bond motifs is 3. The quantitative estimate of drug-likeness (QED) is 0.519. The van der Waals surface area contributed by atoms with E-state index in [1.165, 1.54) is 11.1 Å². The number of hydrogen-bond donors (Lipinski definition) is 3. The van der Waals surface area contributed by atoms with Gasteiger partial charge in [0.25, 0.3) is 0 Å². The summed E-state index contributed by atoms with van der Waals surface area (Å²) in [5.74, 6) is 0.585. The predicted octanol–water partition coefficient (Wildman–Crippen LogP) is 3.26. The van der Waals surface area contributed by atoms with Crippen LogP contribution in [0.5, 0.6) is 5.88 Å². The Bertz CT molecular complexity index is 1310. The van der Waals surface area contributed by atoms with Crippen LogP contribution in [0.2, 0.25) is 0 Å². The number of benzene rings is 1. The van der Waals surface area contributed by atoms with Gasteiger partial charge in [0.05, 0.1) is 24.9 Å². The first kappa shape index (κ1) is 20.0. The highest BCUT2D eigenvalue weighted by atomic mass is 19.1. The minimum Gasteiger partial charge on any atom is -0.474 e. The zero-order valence-corrected chi connectivity index (χ0v) is 17.8. The van der Waals surface area contributed by atoms with Crippen molar-refractivity contribution in [2.24, 2.45) is 11.8 Å². The van der Waals surface area contributed by atoms with Crippen LogP contribution < -0.4 is 20.7 Å². The van der Waals surface area contributed by atoms with Crippen molar-refractivity contribution >= 4 is 34.1 Å². The molecule has 0 radical (unpaired) electrons. The van der Waals surface area contributed by atoms with Gasteiger partial charge in [0, 0.05) is 47.3 Å². The van der Waals surface area contributed by atoms with Gasteiger partial charge in [-0.2, -0.15) is 0 Å². The van der Waals surface area contributed by atoms with Gasteiger partial charge in [0.15, 0.2) is 5.82 Å². The number of amides is 1. The number of halogens is 1. The molecule has 3 aliphatic rings. The van der Waals surface area contributed by atoms with Gasteiger partial charge in [0.1, 0.15) is 18.1 Å². The van der Waals surface area contributed by atoms with Crippen LogP contribution in [-0.2, 0) is 4.74 Å². The molecule has 1 saturated carbocycles. The van der Waals surface area contributed by atoms with E-state index in [0.29, 0.717) is 54.4 Å². The number of nitrogens with zero attached hydrogens (tertiary/aromatic N) is 3. The molecule has 10 heteroatoms. The number of carboxylic acid groups (broad SMARTS) is 1. The number of anilines is 3. The fourth-order valence-electron chi connectivity index (χ4n) is 5.08. The van der Waals surface area contributed by atoms with Crippen LogP contribution in [0.15, 0.2) is 24.5 Å². The van der Waals surface area contributed by atoms with Crippen molar-refractivity contribution < 1.29 is 23.8 Å². The van der Waals surface area contributed by atoms with Crippen LogP contribution in [0, 0.1) is 24.6 Å². The van der Waals surface area contributed by atoms with E-state index < -0.39 is 11.9 Å². The largest absolute Gasteiger partial charge is 0.474 e. The Morgan fingerprint density at radius 3 is 2.79 bits per heavy atom. The Morgan fingerprint density at radius 1 is 1.24 bits per heavy atom. The third-order valence-corrected chi connectivity index (χ3v) is 6.88. The number of ether oxygens (including phenoxy) is 2. The average Bonchev–Trinajstić information content (AvgIpc) is 3.24. The third kappa shape index (κ3) is 2.97. The van der Waals surface area contributed by atoms with Gasteiger partial charge in [0.2, 0.25) is 5.88 Å². The second-order valence-electron chi connectivity index (χ2n) is 8.68. The molecule has 1 aliphatic carbocycles. The highest BCUT2D eigenvalue weighted by Gasteiger charge is 2.59. The molecular formula is C23H22FN5O4. The zero-order valence-electron chi connectivity index (χ0n) is 17.8. The fraction of sp³-hybridized carbons (Fsp3) is 0.348. The molecule has 2 aliphatic heterocycles. The predicted molar refractivity (Wildman–Crippen MR) is 120 cm³/mol. The van der Waals surface area contributed by atoms with Crippen LogP contribution in [0.25, 0.3) is 21.9 Å². The van der Waals surface area contributed by atoms with Crippen molar-refractivity contribution in [2.45, 2.75) is 13.0 Å². The third-order valence-electron chi connectivity index (χ3n) is 6.88. The number of nitrogens with one attached hydrogen (secondary N) is 1. The molecule has 4 N–H and O–H groups in total. The molecule has 1 saturated heterocycles. The van der Waals surface area contributed by atoms with Crippen molar-refractivity contribution in [3.8, 4) is 17.0 Å². The lowest BCUT2D eigenvalue weighted by molar-refractivity contribution is 0.156. The summed E-state index contributed by atoms with van der Waals surface area (Å²) in [5.41, 5.74) is 8.51. The maximum absolute atomic E-state index is 15.4. The molecule has 0 unspecified atom stereocenters. The highest BCUT2D eigenvalue weighted by Crippen LogP contribution is 2.49. The van der Waals surface area contributed by atoms with Gasteiger partial charge < -0.3 is 25.6 Å². The van der Waals surface area contributed by atoms with Crippen LogP contribution >= 0.6 is 0 Å². The number of nitrogen functional groups attached to an aromatic ring is 1. The van der Waals surface area contributed by atoms with Gasteiger partial charge in [-0.25, -0.2) is 19.2 Å². The van der Waals surface area contributed by atoms with E-state index in [1.807, 2.05) is 6.92 Å². The Hall–Kier alpha value is -3.66. The molecule has 6 rings (SSSR count). The van der Waals surface area contributed by atoms with Crippen LogP contribution in [0.3, 0.4) is 0 Å². The maximum Gasteiger partial charge on any atom is 0.413 e. The maximum atomic E-state index is 15.4. The summed E-state index contributed by atoms with van der Waals surface area (Å²) in [5, 5.41) is 14.2. The molecule has 9 nitrogen and oxygen atoms in total. The van der Waals surface area contributed by atoms with Crippen LogP contribution in [-0.4, -0.2) is 53.6 Å². The fourth-order valence-corrected chi connectivity index (χ4v) is 5.08. The van der Waals surface area contributed by atoms with E-state index >= 15 is 4.39 Å². The topological polar surface area (TPSA) is 123 Å². The van der Waals surface area contributed by atoms with Gasteiger partial charge >= 0.3 is 6.09 Å². The average molecular weight is 451 g/mol. The zero-order chi connectivity index (χ0) is 22.9. The number of pyridine rings is 2. The molecule has 0 bridgehead atoms. The monoisotopic (exact) mass is 451 g/mol. The molecule has 3 atom stereocenters. The van der Waals surface area contributed by atoms with Crippen LogP contribution in [0.4, 0.5) is 26.4 Å². The van der Waals surface area contributed by atoms with Gasteiger partial charge in [-0.05, 0) is 30.0 Å². The van der Waals surface area contributed by atoms with Gasteiger partial charge in [-0.15, -0.1) is 0 Å². The van der Waals surface area contributed by atoms with E-state index in [1.54, 1.807) is 18.3 Å². The lowest BCUT2D eigenvalue weighted by Crippen LogP contribution is -2.35. The van der Waals surface area contributed by atoms with E-state index in [4.69, 9.17) is 15.2 Å². The lowest BCUT2D eigenvalue weighted by atomic mass is 9.97. The SMILES string of the molecule is Cc1c(-c2cc3cc(N(C(=O)O)[C@H]4[C@@H]5COC[C@@H]54)ncc3c(N)c2F)cnc2c1NCCO2. The summed E-state index contributed by atoms with van der Waals surface area (Å²) >= 11 is 0. The summed E-state index contributed by atoms with van der Waals surface area (Å²) in [6, 6.07) is 3.17. The summed E-state index contributed by atoms with van der Waals surface area (Å²) in [6.07, 6.45) is 1.93. The number of rotatable bonds is 3. The Labute approximate surface area is 188 Å². The summed E-state index contributed by atoms with van der Waals surface area (Å²) in [7, 11) is 0. The van der Waals surface area contributed by atoms with E-state index in [9.17, 15) is 9.90 Å². The first-order chi connectivity index (χ1) is 16.0. The molecule has 170 valence electrons. The molecule has 2 fully saturated rings. The number of hydrogen-bond acceptors (Lipinski definition) is 7. The Morgan fingerprint density at radius 2 is 2.03 bits per heavy atom. The van der Waals surface area contributed by atoms with Crippen LogP contribution in [0.1, 0.15) is 5.56 Å². The second kappa shape index (κ2) is 7.17. The van der Waals surface area contributed by atoms with Gasteiger partial charge in [-0.1, -0.05) is 0 Å². The Kier molecular flexibility index (Phi) is 4.34. The second-order valence-corrected chi connectivity index (χ2v) is 8.68. The van der Waals surface area contributed by atoms with E-state index in [-0.39, 0.29) is 29.1 Å². The number of aromatic nitrogens is 2. The van der Waals surface area contributed by atoms with Crippen molar-refractivity contribution in [1.29, 1.82) is 0 Å². The molecule has 4 heterocycles. The minimum absolute atomic E-state index is 0.0403. The molecular weight excluding hydrogens is 429 g/mol. The van der Waals surface area contributed by atoms with Gasteiger partial charge in [-0.3, -0.25) is 4.90 Å². The molecule has 1 aromatic carbocycles. The molecule has 33 heavy (non-hydrogen) atoms. The first-order valence-corrected chi connectivity index (χ1v) is 10.8. The van der Waals surface area contributed by atoms with E-state index in [2.05, 4.69) is 15.3 Å². The standard InChI is InChI=1S/C23H22FN5O4/c1-10-13(6-28-22-20(10)26-2-3-33-22)12-4-11-5-17(27-7-14(11)19(25)18(12)24)29(23(30)31)21-15-8-32-9-16(15)21/h4-7,15-16,21,26H,2-3,8-9,25H2,1H3,(H,30,31)/t15-,16+,21+. The van der Waals surface area contributed by atoms with Crippen molar-refractivity contribution in [2.75, 3.05) is 42.3 Å². The smallest absolute Gasteiger partial charge is 0.413 e. The minimum atomic E-state index is -1.07. The first-order valence-electron chi connectivity index (χ1n) is 10.8. The Balaban J connectivity index is 1.47. The number of carbonyl (C=O) groups is 1. The summed E-state index contributed by atoms with van der Waals surface area (Å²) in [4.78, 5) is 22.0. The lowest BCUT2D eigenvalue weighted by Gasteiger charge is -2.22. The summed E-state index contributed by atoms with van der Waals surface area (Å²) in [6.45, 7) is 4.13. The molecule has 0 spiro atoms. The normalized spacial score (nSPS) is 22.8. The molecule has 2 aromatic heterocycles. The van der Waals surface area contributed by atoms with Crippen molar-refractivity contribution in [3.63, 3.8) is 0 Å². The summed E-state index contributed by atoms with van der Waals surface area (Å²) < 4.78 is 26.3. The number of nitrogens with two attached hydrogens (primary N) is 1.